The zero-order valence-corrected chi connectivity index (χ0v) is 8.79. The quantitative estimate of drug-likeness (QED) is 0.496. The van der Waals surface area contributed by atoms with Crippen LogP contribution in [0.2, 0.25) is 0 Å². The van der Waals surface area contributed by atoms with Crippen LogP contribution in [0.25, 0.3) is 0 Å². The van der Waals surface area contributed by atoms with E-state index in [4.69, 9.17) is 4.74 Å². The Labute approximate surface area is 85.5 Å². The van der Waals surface area contributed by atoms with Gasteiger partial charge in [-0.2, -0.15) is 0 Å². The summed E-state index contributed by atoms with van der Waals surface area (Å²) < 4.78 is 5.43. The van der Waals surface area contributed by atoms with E-state index in [2.05, 4.69) is 5.32 Å². The van der Waals surface area contributed by atoms with Crippen molar-refractivity contribution in [1.29, 1.82) is 0 Å². The molecular weight excluding hydrogens is 178 g/mol. The molecule has 1 rings (SSSR count). The van der Waals surface area contributed by atoms with Crippen molar-refractivity contribution in [1.82, 2.24) is 5.32 Å². The van der Waals surface area contributed by atoms with Crippen molar-refractivity contribution in [2.24, 2.45) is 5.92 Å². The van der Waals surface area contributed by atoms with Crippen LogP contribution < -0.4 is 5.32 Å². The van der Waals surface area contributed by atoms with Crippen LogP contribution in [0.3, 0.4) is 0 Å². The van der Waals surface area contributed by atoms with Gasteiger partial charge in [-0.05, 0) is 38.2 Å². The van der Waals surface area contributed by atoms with Crippen molar-refractivity contribution >= 4 is 5.91 Å². The highest BCUT2D eigenvalue weighted by Crippen LogP contribution is 2.28. The van der Waals surface area contributed by atoms with Gasteiger partial charge >= 0.3 is 0 Å². The van der Waals surface area contributed by atoms with Crippen LogP contribution in [0, 0.1) is 5.92 Å². The van der Waals surface area contributed by atoms with E-state index in [1.165, 1.54) is 18.9 Å². The van der Waals surface area contributed by atoms with Crippen molar-refractivity contribution in [2.75, 3.05) is 19.8 Å². The fourth-order valence-corrected chi connectivity index (χ4v) is 1.13. The maximum absolute atomic E-state index is 11.0. The molecule has 3 heteroatoms. The number of ether oxygens (including phenoxy) is 1. The first-order chi connectivity index (χ1) is 6.83. The van der Waals surface area contributed by atoms with Crippen LogP contribution in [-0.2, 0) is 9.53 Å². The average molecular weight is 197 g/mol. The van der Waals surface area contributed by atoms with Crippen LogP contribution in [-0.4, -0.2) is 25.7 Å². The average Bonchev–Trinajstić information content (AvgIpc) is 2.95. The first-order valence-corrected chi connectivity index (χ1v) is 5.31. The van der Waals surface area contributed by atoms with E-state index >= 15 is 0 Å². The van der Waals surface area contributed by atoms with Gasteiger partial charge < -0.3 is 10.1 Å². The minimum Gasteiger partial charge on any atom is -0.381 e. The molecule has 0 aromatic rings. The van der Waals surface area contributed by atoms with Gasteiger partial charge in [0.15, 0.2) is 0 Å². The number of hydrogen-bond donors (Lipinski definition) is 1. The molecule has 1 aliphatic rings. The fraction of sp³-hybridized carbons (Fsp3) is 0.727. The first kappa shape index (κ1) is 11.2. The number of rotatable bonds is 7. The van der Waals surface area contributed by atoms with E-state index in [0.717, 1.165) is 25.6 Å². The third kappa shape index (κ3) is 5.75. The summed E-state index contributed by atoms with van der Waals surface area (Å²) >= 11 is 0. The second-order valence-electron chi connectivity index (χ2n) is 3.66. The Morgan fingerprint density at radius 1 is 1.57 bits per heavy atom. The summed E-state index contributed by atoms with van der Waals surface area (Å²) in [4.78, 5) is 11.0. The Morgan fingerprint density at radius 3 is 3.00 bits per heavy atom. The van der Waals surface area contributed by atoms with E-state index in [9.17, 15) is 4.79 Å². The molecule has 0 aromatic heterocycles. The summed E-state index contributed by atoms with van der Waals surface area (Å²) in [6.45, 7) is 4.20. The molecule has 80 valence electrons. The Morgan fingerprint density at radius 2 is 2.36 bits per heavy atom. The molecule has 0 heterocycles. The maximum atomic E-state index is 11.0. The monoisotopic (exact) mass is 197 g/mol. The molecule has 0 radical (unpaired) electrons. The molecule has 0 spiro atoms. The summed E-state index contributed by atoms with van der Waals surface area (Å²) in [7, 11) is 0. The Bertz CT molecular complexity index is 197. The van der Waals surface area contributed by atoms with Crippen LogP contribution in [0.5, 0.6) is 0 Å². The molecule has 1 saturated carbocycles. The first-order valence-electron chi connectivity index (χ1n) is 5.31. The smallest absolute Gasteiger partial charge is 0.243 e. The van der Waals surface area contributed by atoms with Crippen molar-refractivity contribution in [3.63, 3.8) is 0 Å². The Balaban J connectivity index is 1.80. The maximum Gasteiger partial charge on any atom is 0.243 e. The summed E-state index contributed by atoms with van der Waals surface area (Å²) in [6, 6.07) is 0. The number of hydrogen-bond acceptors (Lipinski definition) is 2. The standard InChI is InChI=1S/C11H19NO2/c1-2-4-11(13)12-7-3-8-14-9-10-5-6-10/h2,4,10H,3,5-9H2,1H3,(H,12,13). The molecule has 1 aliphatic carbocycles. The van der Waals surface area contributed by atoms with Gasteiger partial charge in [0.1, 0.15) is 0 Å². The molecule has 0 aromatic carbocycles. The van der Waals surface area contributed by atoms with Gasteiger partial charge in [-0.15, -0.1) is 0 Å². The Kier molecular flexibility index (Phi) is 5.30. The van der Waals surface area contributed by atoms with Gasteiger partial charge in [0.25, 0.3) is 0 Å². The topological polar surface area (TPSA) is 38.3 Å². The molecule has 1 amide bonds. The predicted octanol–water partition coefficient (Wildman–Crippen LogP) is 1.50. The number of allylic oxidation sites excluding steroid dienone is 1. The summed E-state index contributed by atoms with van der Waals surface area (Å²) in [5.41, 5.74) is 0. The molecule has 0 atom stereocenters. The lowest BCUT2D eigenvalue weighted by atomic mass is 10.4. The van der Waals surface area contributed by atoms with Crippen LogP contribution >= 0.6 is 0 Å². The summed E-state index contributed by atoms with van der Waals surface area (Å²) in [5, 5.41) is 2.78. The highest BCUT2D eigenvalue weighted by molar-refractivity contribution is 5.87. The Hall–Kier alpha value is -0.830. The lowest BCUT2D eigenvalue weighted by molar-refractivity contribution is -0.116. The van der Waals surface area contributed by atoms with Crippen LogP contribution in [0.4, 0.5) is 0 Å². The molecule has 3 nitrogen and oxygen atoms in total. The zero-order chi connectivity index (χ0) is 10.2. The normalized spacial score (nSPS) is 16.1. The lowest BCUT2D eigenvalue weighted by Crippen LogP contribution is -2.23. The third-order valence-corrected chi connectivity index (χ3v) is 2.13. The molecule has 1 fully saturated rings. The van der Waals surface area contributed by atoms with Crippen molar-refractivity contribution in [2.45, 2.75) is 26.2 Å². The molecule has 14 heavy (non-hydrogen) atoms. The highest BCUT2D eigenvalue weighted by Gasteiger charge is 2.20. The van der Waals surface area contributed by atoms with Gasteiger partial charge in [0, 0.05) is 19.8 Å². The molecule has 0 saturated heterocycles. The van der Waals surface area contributed by atoms with Crippen LogP contribution in [0.15, 0.2) is 12.2 Å². The van der Waals surface area contributed by atoms with E-state index in [-0.39, 0.29) is 5.91 Å². The number of carbonyl (C=O) groups excluding carboxylic acids is 1. The third-order valence-electron chi connectivity index (χ3n) is 2.13. The fourth-order valence-electron chi connectivity index (χ4n) is 1.13. The predicted molar refractivity (Wildman–Crippen MR) is 56.0 cm³/mol. The largest absolute Gasteiger partial charge is 0.381 e. The molecule has 0 unspecified atom stereocenters. The van der Waals surface area contributed by atoms with E-state index in [1.54, 1.807) is 6.08 Å². The number of amides is 1. The van der Waals surface area contributed by atoms with Gasteiger partial charge in [-0.25, -0.2) is 0 Å². The molecule has 0 aliphatic heterocycles. The molecule has 0 bridgehead atoms. The molecular formula is C11H19NO2. The summed E-state index contributed by atoms with van der Waals surface area (Å²) in [5.74, 6) is 0.808. The number of carbonyl (C=O) groups is 1. The van der Waals surface area contributed by atoms with Gasteiger partial charge in [-0.3, -0.25) is 4.79 Å². The number of nitrogens with one attached hydrogen (secondary N) is 1. The van der Waals surface area contributed by atoms with E-state index < -0.39 is 0 Å². The van der Waals surface area contributed by atoms with Gasteiger partial charge in [-0.1, -0.05) is 6.08 Å². The van der Waals surface area contributed by atoms with Crippen LogP contribution in [0.1, 0.15) is 26.2 Å². The SMILES string of the molecule is CC=CC(=O)NCCCOCC1CC1. The van der Waals surface area contributed by atoms with Crippen molar-refractivity contribution in [3.8, 4) is 0 Å². The van der Waals surface area contributed by atoms with Crippen molar-refractivity contribution in [3.05, 3.63) is 12.2 Å². The minimum atomic E-state index is -0.0188. The minimum absolute atomic E-state index is 0.0188. The van der Waals surface area contributed by atoms with Gasteiger partial charge in [0.2, 0.25) is 5.91 Å². The summed E-state index contributed by atoms with van der Waals surface area (Å²) in [6.07, 6.45) is 6.83. The molecule has 1 N–H and O–H groups in total. The second kappa shape index (κ2) is 6.60. The lowest BCUT2D eigenvalue weighted by Gasteiger charge is -2.03. The van der Waals surface area contributed by atoms with E-state index in [1.807, 2.05) is 6.92 Å². The highest BCUT2D eigenvalue weighted by atomic mass is 16.5. The van der Waals surface area contributed by atoms with E-state index in [0.29, 0.717) is 6.54 Å². The second-order valence-corrected chi connectivity index (χ2v) is 3.66. The van der Waals surface area contributed by atoms with Gasteiger partial charge in [0.05, 0.1) is 0 Å². The van der Waals surface area contributed by atoms with Crippen molar-refractivity contribution < 1.29 is 9.53 Å². The zero-order valence-electron chi connectivity index (χ0n) is 8.79.